The Morgan fingerprint density at radius 3 is 2.68 bits per heavy atom. The van der Waals surface area contributed by atoms with E-state index >= 15 is 0 Å². The molecule has 0 saturated heterocycles. The maximum atomic E-state index is 12.7. The molecular formula is C20H19ClN6O. The molecule has 142 valence electrons. The molecule has 0 saturated carbocycles. The number of nitrogens with zero attached hydrogens (tertiary/aromatic N) is 5. The van der Waals surface area contributed by atoms with Gasteiger partial charge in [0, 0.05) is 28.7 Å². The van der Waals surface area contributed by atoms with E-state index in [0.717, 1.165) is 16.6 Å². The number of amides is 1. The maximum absolute atomic E-state index is 12.7. The second-order valence-electron chi connectivity index (χ2n) is 6.77. The van der Waals surface area contributed by atoms with Crippen LogP contribution in [0.4, 0.5) is 5.82 Å². The number of carbonyl (C=O) groups is 1. The average Bonchev–Trinajstić information content (AvgIpc) is 3.30. The first-order valence-corrected chi connectivity index (χ1v) is 9.30. The number of carbonyl (C=O) groups excluding carboxylic acids is 1. The van der Waals surface area contributed by atoms with Crippen molar-refractivity contribution in [3.63, 3.8) is 0 Å². The van der Waals surface area contributed by atoms with E-state index in [2.05, 4.69) is 20.5 Å². The van der Waals surface area contributed by atoms with Crippen LogP contribution in [-0.4, -0.2) is 30.5 Å². The van der Waals surface area contributed by atoms with E-state index in [4.69, 9.17) is 11.6 Å². The van der Waals surface area contributed by atoms with Crippen LogP contribution in [0.3, 0.4) is 0 Å². The Morgan fingerprint density at radius 2 is 1.93 bits per heavy atom. The van der Waals surface area contributed by atoms with E-state index in [1.165, 1.54) is 0 Å². The average molecular weight is 395 g/mol. The van der Waals surface area contributed by atoms with Crippen molar-refractivity contribution < 1.29 is 4.79 Å². The number of hydrogen-bond acceptors (Lipinski definition) is 4. The summed E-state index contributed by atoms with van der Waals surface area (Å²) < 4.78 is 3.56. The van der Waals surface area contributed by atoms with Crippen molar-refractivity contribution in [2.45, 2.75) is 26.4 Å². The van der Waals surface area contributed by atoms with E-state index in [1.54, 1.807) is 35.4 Å². The lowest BCUT2D eigenvalue weighted by Crippen LogP contribution is -2.16. The molecule has 0 aliphatic carbocycles. The van der Waals surface area contributed by atoms with Crippen LogP contribution >= 0.6 is 11.6 Å². The van der Waals surface area contributed by atoms with Crippen molar-refractivity contribution in [3.05, 3.63) is 71.1 Å². The second kappa shape index (κ2) is 7.44. The normalized spacial score (nSPS) is 11.3. The molecule has 1 N–H and O–H groups in total. The molecule has 4 rings (SSSR count). The summed E-state index contributed by atoms with van der Waals surface area (Å²) in [6, 6.07) is 11.3. The van der Waals surface area contributed by atoms with Crippen molar-refractivity contribution in [1.29, 1.82) is 0 Å². The summed E-state index contributed by atoms with van der Waals surface area (Å²) in [5, 5.41) is 13.0. The molecule has 0 atom stereocenters. The maximum Gasteiger partial charge on any atom is 0.258 e. The summed E-state index contributed by atoms with van der Waals surface area (Å²) in [5.74, 6) is 0.363. The molecule has 8 heteroatoms. The predicted octanol–water partition coefficient (Wildman–Crippen LogP) is 4.16. The van der Waals surface area contributed by atoms with E-state index in [1.807, 2.05) is 42.8 Å². The van der Waals surface area contributed by atoms with Gasteiger partial charge in [0.2, 0.25) is 0 Å². The number of hydrogen-bond donors (Lipinski definition) is 1. The smallest absolute Gasteiger partial charge is 0.258 e. The van der Waals surface area contributed by atoms with E-state index in [0.29, 0.717) is 22.9 Å². The van der Waals surface area contributed by atoms with Gasteiger partial charge in [-0.3, -0.25) is 4.79 Å². The van der Waals surface area contributed by atoms with Crippen molar-refractivity contribution in [1.82, 2.24) is 24.5 Å². The van der Waals surface area contributed by atoms with Crippen molar-refractivity contribution in [2.24, 2.45) is 0 Å². The highest BCUT2D eigenvalue weighted by molar-refractivity contribution is 6.30. The Labute approximate surface area is 167 Å². The second-order valence-corrected chi connectivity index (χ2v) is 7.21. The van der Waals surface area contributed by atoms with Crippen molar-refractivity contribution >= 4 is 34.4 Å². The quantitative estimate of drug-likeness (QED) is 0.551. The number of aromatic nitrogens is 5. The third kappa shape index (κ3) is 3.61. The first kappa shape index (κ1) is 18.2. The molecule has 0 bridgehead atoms. The Kier molecular flexibility index (Phi) is 4.83. The van der Waals surface area contributed by atoms with Gasteiger partial charge >= 0.3 is 0 Å². The largest absolute Gasteiger partial charge is 0.307 e. The highest BCUT2D eigenvalue weighted by Crippen LogP contribution is 2.18. The van der Waals surface area contributed by atoms with Gasteiger partial charge in [-0.25, -0.2) is 14.3 Å². The third-order valence-corrected chi connectivity index (χ3v) is 4.64. The standard InChI is InChI=1S/C20H19ClN6O/c1-13(2)27-19-15(11-24-27)9-16(10-22-19)20(28)25-18-7-8-23-26(18)12-14-3-5-17(21)6-4-14/h3-11,13H,12H2,1-2H3,(H,25,28). The van der Waals surface area contributed by atoms with Gasteiger partial charge in [0.15, 0.2) is 5.65 Å². The minimum absolute atomic E-state index is 0.201. The summed E-state index contributed by atoms with van der Waals surface area (Å²) >= 11 is 5.93. The molecule has 0 aliphatic rings. The fourth-order valence-electron chi connectivity index (χ4n) is 2.96. The number of benzene rings is 1. The molecule has 0 fully saturated rings. The minimum atomic E-state index is -0.246. The van der Waals surface area contributed by atoms with Crippen LogP contribution in [0, 0.1) is 0 Å². The van der Waals surface area contributed by atoms with Crippen LogP contribution in [0.2, 0.25) is 5.02 Å². The van der Waals surface area contributed by atoms with Crippen LogP contribution in [0.1, 0.15) is 35.8 Å². The Balaban J connectivity index is 1.53. The molecule has 0 unspecified atom stereocenters. The van der Waals surface area contributed by atoms with Gasteiger partial charge in [0.25, 0.3) is 5.91 Å². The number of halogens is 1. The summed E-state index contributed by atoms with van der Waals surface area (Å²) in [6.45, 7) is 4.60. The third-order valence-electron chi connectivity index (χ3n) is 4.39. The van der Waals surface area contributed by atoms with Gasteiger partial charge in [0.05, 0.1) is 24.5 Å². The minimum Gasteiger partial charge on any atom is -0.307 e. The summed E-state index contributed by atoms with van der Waals surface area (Å²) in [5.41, 5.74) is 2.27. The van der Waals surface area contributed by atoms with E-state index < -0.39 is 0 Å². The monoisotopic (exact) mass is 394 g/mol. The van der Waals surface area contributed by atoms with Crippen LogP contribution in [0.5, 0.6) is 0 Å². The number of rotatable bonds is 5. The molecule has 3 heterocycles. The summed E-state index contributed by atoms with van der Waals surface area (Å²) in [7, 11) is 0. The number of pyridine rings is 1. The lowest BCUT2D eigenvalue weighted by Gasteiger charge is -2.10. The van der Waals surface area contributed by atoms with Crippen molar-refractivity contribution in [2.75, 3.05) is 5.32 Å². The van der Waals surface area contributed by atoms with Gasteiger partial charge in [-0.1, -0.05) is 23.7 Å². The van der Waals surface area contributed by atoms with E-state index in [9.17, 15) is 4.79 Å². The zero-order valence-electron chi connectivity index (χ0n) is 15.5. The van der Waals surface area contributed by atoms with Gasteiger partial charge in [0.1, 0.15) is 5.82 Å². The highest BCUT2D eigenvalue weighted by atomic mass is 35.5. The number of fused-ring (bicyclic) bond motifs is 1. The lowest BCUT2D eigenvalue weighted by atomic mass is 10.2. The molecule has 1 aromatic carbocycles. The Bertz CT molecular complexity index is 1130. The zero-order chi connectivity index (χ0) is 19.7. The highest BCUT2D eigenvalue weighted by Gasteiger charge is 2.14. The van der Waals surface area contributed by atoms with Gasteiger partial charge in [-0.05, 0) is 37.6 Å². The van der Waals surface area contributed by atoms with Gasteiger partial charge < -0.3 is 5.32 Å². The SMILES string of the molecule is CC(C)n1ncc2cc(C(=O)Nc3ccnn3Cc3ccc(Cl)cc3)cnc21. The number of anilines is 1. The van der Waals surface area contributed by atoms with Crippen LogP contribution < -0.4 is 5.32 Å². The van der Waals surface area contributed by atoms with Gasteiger partial charge in [-0.2, -0.15) is 10.2 Å². The summed E-state index contributed by atoms with van der Waals surface area (Å²) in [4.78, 5) is 17.1. The molecule has 7 nitrogen and oxygen atoms in total. The molecule has 28 heavy (non-hydrogen) atoms. The van der Waals surface area contributed by atoms with Gasteiger partial charge in [-0.15, -0.1) is 0 Å². The van der Waals surface area contributed by atoms with E-state index in [-0.39, 0.29) is 11.9 Å². The molecule has 1 amide bonds. The molecule has 4 aromatic rings. The zero-order valence-corrected chi connectivity index (χ0v) is 16.3. The van der Waals surface area contributed by atoms with Crippen LogP contribution in [0.15, 0.2) is 55.0 Å². The molecule has 0 spiro atoms. The lowest BCUT2D eigenvalue weighted by molar-refractivity contribution is 0.102. The summed E-state index contributed by atoms with van der Waals surface area (Å²) in [6.07, 6.45) is 4.95. The Morgan fingerprint density at radius 1 is 1.14 bits per heavy atom. The Hall–Kier alpha value is -3.19. The molecule has 0 aliphatic heterocycles. The first-order valence-electron chi connectivity index (χ1n) is 8.92. The van der Waals surface area contributed by atoms with Crippen LogP contribution in [-0.2, 0) is 6.54 Å². The molecule has 0 radical (unpaired) electrons. The van der Waals surface area contributed by atoms with Crippen LogP contribution in [0.25, 0.3) is 11.0 Å². The fraction of sp³-hybridized carbons (Fsp3) is 0.200. The fourth-order valence-corrected chi connectivity index (χ4v) is 3.08. The number of nitrogens with one attached hydrogen (secondary N) is 1. The topological polar surface area (TPSA) is 77.6 Å². The predicted molar refractivity (Wildman–Crippen MR) is 109 cm³/mol. The first-order chi connectivity index (χ1) is 13.5. The molecule has 3 aromatic heterocycles. The van der Waals surface area contributed by atoms with Crippen molar-refractivity contribution in [3.8, 4) is 0 Å². The molecular weight excluding hydrogens is 376 g/mol.